The summed E-state index contributed by atoms with van der Waals surface area (Å²) < 4.78 is 1.98. The lowest BCUT2D eigenvalue weighted by Crippen LogP contribution is -2.37. The van der Waals surface area contributed by atoms with Crippen molar-refractivity contribution in [1.82, 2.24) is 25.0 Å². The largest absolute Gasteiger partial charge is 0.348 e. The fourth-order valence-electron chi connectivity index (χ4n) is 4.74. The first kappa shape index (κ1) is 21.1. The van der Waals surface area contributed by atoms with Crippen LogP contribution in [0.1, 0.15) is 73.3 Å². The third-order valence-corrected chi connectivity index (χ3v) is 6.56. The van der Waals surface area contributed by atoms with Crippen LogP contribution in [0, 0.1) is 6.92 Å². The van der Waals surface area contributed by atoms with Crippen LogP contribution >= 0.6 is 0 Å². The summed E-state index contributed by atoms with van der Waals surface area (Å²) in [6.45, 7) is 11.2. The molecule has 6 heteroatoms. The molecule has 32 heavy (non-hydrogen) atoms. The van der Waals surface area contributed by atoms with E-state index in [-0.39, 0.29) is 17.5 Å². The Balaban J connectivity index is 1.39. The quantitative estimate of drug-likeness (QED) is 0.651. The second-order valence-corrected chi connectivity index (χ2v) is 10.4. The standard InChI is InChI=1S/C26H33N5O/c1-17-23-21(14-22(19-10-11-19)28-24(23)31(29-17)26(2,3)4)25(32)27-20-12-13-30(16-20)15-18-8-6-5-7-9-18/h5-9,14,19-20H,10-13,15-16H2,1-4H3,(H,27,32). The van der Waals surface area contributed by atoms with Crippen LogP contribution in [-0.2, 0) is 12.1 Å². The summed E-state index contributed by atoms with van der Waals surface area (Å²) in [7, 11) is 0. The highest BCUT2D eigenvalue weighted by Crippen LogP contribution is 2.41. The van der Waals surface area contributed by atoms with Crippen molar-refractivity contribution in [1.29, 1.82) is 0 Å². The number of carbonyl (C=O) groups is 1. The first-order valence-corrected chi connectivity index (χ1v) is 11.8. The van der Waals surface area contributed by atoms with Gasteiger partial charge in [-0.3, -0.25) is 9.69 Å². The smallest absolute Gasteiger partial charge is 0.252 e. The van der Waals surface area contributed by atoms with Crippen molar-refractivity contribution in [2.45, 2.75) is 71.0 Å². The Bertz CT molecular complexity index is 1140. The molecule has 2 aromatic heterocycles. The second kappa shape index (κ2) is 8.00. The van der Waals surface area contributed by atoms with Crippen molar-refractivity contribution in [2.75, 3.05) is 13.1 Å². The van der Waals surface area contributed by atoms with Gasteiger partial charge in [-0.2, -0.15) is 5.10 Å². The number of rotatable bonds is 5. The van der Waals surface area contributed by atoms with Gasteiger partial charge in [0.15, 0.2) is 5.65 Å². The number of amides is 1. The minimum absolute atomic E-state index is 0.00224. The Morgan fingerprint density at radius 3 is 2.59 bits per heavy atom. The molecular formula is C26H33N5O. The molecule has 0 spiro atoms. The van der Waals surface area contributed by atoms with Gasteiger partial charge < -0.3 is 5.32 Å². The van der Waals surface area contributed by atoms with Crippen LogP contribution in [0.15, 0.2) is 36.4 Å². The number of pyridine rings is 1. The summed E-state index contributed by atoms with van der Waals surface area (Å²) >= 11 is 0. The van der Waals surface area contributed by atoms with Gasteiger partial charge in [-0.15, -0.1) is 0 Å². The van der Waals surface area contributed by atoms with Crippen LogP contribution in [0.5, 0.6) is 0 Å². The van der Waals surface area contributed by atoms with E-state index in [1.165, 1.54) is 5.56 Å². The van der Waals surface area contributed by atoms with Gasteiger partial charge in [0, 0.05) is 37.3 Å². The zero-order chi connectivity index (χ0) is 22.5. The third-order valence-electron chi connectivity index (χ3n) is 6.56. The van der Waals surface area contributed by atoms with E-state index in [0.717, 1.165) is 66.9 Å². The van der Waals surface area contributed by atoms with E-state index in [0.29, 0.717) is 5.92 Å². The van der Waals surface area contributed by atoms with Gasteiger partial charge in [0.25, 0.3) is 5.91 Å². The van der Waals surface area contributed by atoms with Crippen LogP contribution in [0.3, 0.4) is 0 Å². The van der Waals surface area contributed by atoms with Crippen LogP contribution in [-0.4, -0.2) is 44.7 Å². The molecule has 2 aliphatic rings. The highest BCUT2D eigenvalue weighted by atomic mass is 16.1. The number of likely N-dealkylation sites (tertiary alicyclic amines) is 1. The maximum Gasteiger partial charge on any atom is 0.252 e. The monoisotopic (exact) mass is 431 g/mol. The molecule has 1 atom stereocenters. The minimum atomic E-state index is -0.196. The topological polar surface area (TPSA) is 63.1 Å². The number of hydrogen-bond acceptors (Lipinski definition) is 4. The molecule has 6 nitrogen and oxygen atoms in total. The molecule has 1 aromatic carbocycles. The van der Waals surface area contributed by atoms with Crippen LogP contribution in [0.4, 0.5) is 0 Å². The van der Waals surface area contributed by atoms with Gasteiger partial charge in [0.05, 0.1) is 22.2 Å². The molecule has 0 bridgehead atoms. The van der Waals surface area contributed by atoms with Gasteiger partial charge in [0.1, 0.15) is 0 Å². The molecule has 3 aromatic rings. The van der Waals surface area contributed by atoms with E-state index in [4.69, 9.17) is 10.1 Å². The maximum atomic E-state index is 13.5. The SMILES string of the molecule is Cc1nn(C(C)(C)C)c2nc(C3CC3)cc(C(=O)NC3CCN(Cc4ccccc4)C3)c12. The first-order chi connectivity index (χ1) is 15.3. The van der Waals surface area contributed by atoms with Crippen LogP contribution in [0.2, 0.25) is 0 Å². The van der Waals surface area contributed by atoms with E-state index >= 15 is 0 Å². The van der Waals surface area contributed by atoms with Crippen LogP contribution in [0.25, 0.3) is 11.0 Å². The molecule has 168 valence electrons. The Morgan fingerprint density at radius 2 is 1.91 bits per heavy atom. The Hall–Kier alpha value is -2.73. The van der Waals surface area contributed by atoms with Gasteiger partial charge in [-0.1, -0.05) is 30.3 Å². The average molecular weight is 432 g/mol. The molecule has 2 fully saturated rings. The molecule has 1 saturated carbocycles. The Labute approximate surface area is 190 Å². The van der Waals surface area contributed by atoms with Crippen LogP contribution < -0.4 is 5.32 Å². The van der Waals surface area contributed by atoms with Gasteiger partial charge in [0.2, 0.25) is 0 Å². The van der Waals surface area contributed by atoms with Crippen molar-refractivity contribution in [2.24, 2.45) is 0 Å². The number of aromatic nitrogens is 3. The summed E-state index contributed by atoms with van der Waals surface area (Å²) in [4.78, 5) is 20.9. The zero-order valence-corrected chi connectivity index (χ0v) is 19.6. The molecule has 5 rings (SSSR count). The number of hydrogen-bond donors (Lipinski definition) is 1. The molecule has 1 aliphatic heterocycles. The van der Waals surface area contributed by atoms with Crippen molar-refractivity contribution >= 4 is 16.9 Å². The van der Waals surface area contributed by atoms with Gasteiger partial charge >= 0.3 is 0 Å². The predicted molar refractivity (Wildman–Crippen MR) is 127 cm³/mol. The summed E-state index contributed by atoms with van der Waals surface area (Å²) in [5.41, 5.74) is 4.58. The third kappa shape index (κ3) is 4.16. The summed E-state index contributed by atoms with van der Waals surface area (Å²) in [6.07, 6.45) is 3.28. The molecule has 1 unspecified atom stereocenters. The number of benzene rings is 1. The Kier molecular flexibility index (Phi) is 5.28. The number of fused-ring (bicyclic) bond motifs is 1. The molecule has 1 saturated heterocycles. The number of nitrogens with one attached hydrogen (secondary N) is 1. The average Bonchev–Trinajstić information content (AvgIpc) is 3.43. The molecular weight excluding hydrogens is 398 g/mol. The first-order valence-electron chi connectivity index (χ1n) is 11.8. The Morgan fingerprint density at radius 1 is 1.16 bits per heavy atom. The summed E-state index contributed by atoms with van der Waals surface area (Å²) in [5.74, 6) is 0.477. The maximum absolute atomic E-state index is 13.5. The van der Waals surface area contributed by atoms with Crippen molar-refractivity contribution < 1.29 is 4.79 Å². The van der Waals surface area contributed by atoms with E-state index in [1.54, 1.807) is 0 Å². The molecule has 1 N–H and O–H groups in total. The molecule has 1 amide bonds. The lowest BCUT2D eigenvalue weighted by Gasteiger charge is -2.20. The highest BCUT2D eigenvalue weighted by molar-refractivity contribution is 6.06. The van der Waals surface area contributed by atoms with Crippen molar-refractivity contribution in [3.8, 4) is 0 Å². The van der Waals surface area contributed by atoms with Gasteiger partial charge in [-0.25, -0.2) is 9.67 Å². The minimum Gasteiger partial charge on any atom is -0.348 e. The number of nitrogens with zero attached hydrogens (tertiary/aromatic N) is 4. The van der Waals surface area contributed by atoms with E-state index in [1.807, 2.05) is 23.7 Å². The number of aryl methyl sites for hydroxylation is 1. The fourth-order valence-corrected chi connectivity index (χ4v) is 4.74. The molecule has 3 heterocycles. The van der Waals surface area contributed by atoms with Gasteiger partial charge in [-0.05, 0) is 58.6 Å². The zero-order valence-electron chi connectivity index (χ0n) is 19.6. The van der Waals surface area contributed by atoms with Crippen molar-refractivity contribution in [3.05, 3.63) is 58.9 Å². The van der Waals surface area contributed by atoms with Crippen molar-refractivity contribution in [3.63, 3.8) is 0 Å². The highest BCUT2D eigenvalue weighted by Gasteiger charge is 2.31. The second-order valence-electron chi connectivity index (χ2n) is 10.4. The van der Waals surface area contributed by atoms with E-state index in [2.05, 4.69) is 55.3 Å². The fraction of sp³-hybridized carbons (Fsp3) is 0.500. The lowest BCUT2D eigenvalue weighted by molar-refractivity contribution is 0.0939. The van der Waals surface area contributed by atoms with E-state index in [9.17, 15) is 4.79 Å². The number of carbonyl (C=O) groups excluding carboxylic acids is 1. The lowest BCUT2D eigenvalue weighted by atomic mass is 10.1. The normalized spacial score (nSPS) is 19.6. The predicted octanol–water partition coefficient (Wildman–Crippen LogP) is 4.38. The molecule has 0 radical (unpaired) electrons. The molecule has 1 aliphatic carbocycles. The summed E-state index contributed by atoms with van der Waals surface area (Å²) in [5, 5.41) is 8.99. The summed E-state index contributed by atoms with van der Waals surface area (Å²) in [6, 6.07) is 12.7. The van der Waals surface area contributed by atoms with E-state index < -0.39 is 0 Å².